The molecule has 0 spiro atoms. The van der Waals surface area contributed by atoms with E-state index in [0.29, 0.717) is 18.1 Å². The van der Waals surface area contributed by atoms with E-state index in [1.54, 1.807) is 0 Å². The summed E-state index contributed by atoms with van der Waals surface area (Å²) >= 11 is 5.91. The molecule has 0 saturated carbocycles. The summed E-state index contributed by atoms with van der Waals surface area (Å²) in [5, 5.41) is 4.16. The zero-order chi connectivity index (χ0) is 19.6. The Bertz CT molecular complexity index is 813. The number of benzene rings is 1. The molecule has 6 nitrogen and oxygen atoms in total. The van der Waals surface area contributed by atoms with Gasteiger partial charge in [0.1, 0.15) is 0 Å². The number of aliphatic imine (C=N–C) groups is 1. The highest BCUT2D eigenvalue weighted by atomic mass is 127. The lowest BCUT2D eigenvalue weighted by molar-refractivity contribution is -0.142. The Kier molecular flexibility index (Phi) is 7.43. The van der Waals surface area contributed by atoms with Crippen LogP contribution < -0.4 is 10.6 Å². The number of aromatic nitrogens is 2. The highest BCUT2D eigenvalue weighted by Crippen LogP contribution is 2.30. The van der Waals surface area contributed by atoms with Crippen LogP contribution in [0.2, 0.25) is 5.02 Å². The maximum atomic E-state index is 13.0. The third kappa shape index (κ3) is 5.43. The number of piperazine rings is 1. The molecule has 0 unspecified atom stereocenters. The SMILES string of the molecule is Cn1cc(CN=C(N)N2CCN(c3ccc(Cl)cc3)CC2)c(C(F)(F)F)n1.I. The summed E-state index contributed by atoms with van der Waals surface area (Å²) in [5.41, 5.74) is 6.15. The maximum absolute atomic E-state index is 13.0. The number of rotatable bonds is 3. The lowest BCUT2D eigenvalue weighted by Crippen LogP contribution is -2.51. The van der Waals surface area contributed by atoms with Crippen LogP contribution in [0.15, 0.2) is 35.5 Å². The van der Waals surface area contributed by atoms with E-state index >= 15 is 0 Å². The number of nitrogens with zero attached hydrogens (tertiary/aromatic N) is 5. The molecule has 1 aliphatic heterocycles. The number of hydrogen-bond acceptors (Lipinski definition) is 3. The maximum Gasteiger partial charge on any atom is 0.435 e. The average molecular weight is 529 g/mol. The number of nitrogens with two attached hydrogens (primary N) is 1. The first-order valence-electron chi connectivity index (χ1n) is 8.39. The first kappa shape index (κ1) is 22.6. The Morgan fingerprint density at radius 2 is 1.79 bits per heavy atom. The van der Waals surface area contributed by atoms with E-state index in [1.807, 2.05) is 29.2 Å². The molecule has 2 aromatic rings. The van der Waals surface area contributed by atoms with Crippen molar-refractivity contribution in [3.8, 4) is 0 Å². The van der Waals surface area contributed by atoms with E-state index in [1.165, 1.54) is 13.2 Å². The zero-order valence-electron chi connectivity index (χ0n) is 15.2. The topological polar surface area (TPSA) is 62.7 Å². The Morgan fingerprint density at radius 3 is 2.36 bits per heavy atom. The summed E-state index contributed by atoms with van der Waals surface area (Å²) in [6, 6.07) is 7.59. The number of anilines is 1. The average Bonchev–Trinajstić information content (AvgIpc) is 3.02. The summed E-state index contributed by atoms with van der Waals surface area (Å²) in [5.74, 6) is 0.239. The van der Waals surface area contributed by atoms with Crippen molar-refractivity contribution in [1.82, 2.24) is 14.7 Å². The normalized spacial score (nSPS) is 15.5. The molecule has 2 heterocycles. The lowest BCUT2D eigenvalue weighted by atomic mass is 10.2. The van der Waals surface area contributed by atoms with Gasteiger partial charge in [0.15, 0.2) is 11.7 Å². The van der Waals surface area contributed by atoms with Crippen LogP contribution >= 0.6 is 35.6 Å². The third-order valence-corrected chi connectivity index (χ3v) is 4.63. The highest BCUT2D eigenvalue weighted by Gasteiger charge is 2.36. The molecule has 2 N–H and O–H groups in total. The van der Waals surface area contributed by atoms with E-state index < -0.39 is 11.9 Å². The molecule has 1 aromatic heterocycles. The number of guanidine groups is 1. The molecule has 3 rings (SSSR count). The van der Waals surface area contributed by atoms with Crippen molar-refractivity contribution in [2.45, 2.75) is 12.7 Å². The van der Waals surface area contributed by atoms with Crippen molar-refractivity contribution in [1.29, 1.82) is 0 Å². The molecule has 1 aliphatic rings. The van der Waals surface area contributed by atoms with Gasteiger partial charge in [0.2, 0.25) is 0 Å². The van der Waals surface area contributed by atoms with Gasteiger partial charge in [0, 0.05) is 55.7 Å². The molecular formula is C17H21ClF3IN6. The molecule has 0 aliphatic carbocycles. The van der Waals surface area contributed by atoms with Gasteiger partial charge in [-0.3, -0.25) is 4.68 Å². The summed E-state index contributed by atoms with van der Waals surface area (Å²) in [6.07, 6.45) is -3.19. The van der Waals surface area contributed by atoms with Gasteiger partial charge in [-0.15, -0.1) is 24.0 Å². The summed E-state index contributed by atoms with van der Waals surface area (Å²) in [6.45, 7) is 2.58. The molecule has 154 valence electrons. The molecule has 1 saturated heterocycles. The highest BCUT2D eigenvalue weighted by molar-refractivity contribution is 14.0. The van der Waals surface area contributed by atoms with E-state index in [-0.39, 0.29) is 42.0 Å². The van der Waals surface area contributed by atoms with Crippen LogP contribution in [0.1, 0.15) is 11.3 Å². The first-order chi connectivity index (χ1) is 12.7. The van der Waals surface area contributed by atoms with E-state index in [2.05, 4.69) is 15.0 Å². The summed E-state index contributed by atoms with van der Waals surface area (Å²) in [7, 11) is 1.45. The van der Waals surface area contributed by atoms with Crippen molar-refractivity contribution < 1.29 is 13.2 Å². The van der Waals surface area contributed by atoms with Crippen molar-refractivity contribution in [3.05, 3.63) is 46.7 Å². The minimum Gasteiger partial charge on any atom is -0.370 e. The fourth-order valence-corrected chi connectivity index (χ4v) is 3.13. The first-order valence-corrected chi connectivity index (χ1v) is 8.77. The van der Waals surface area contributed by atoms with Gasteiger partial charge in [-0.25, -0.2) is 4.99 Å². The minimum atomic E-state index is -4.51. The van der Waals surface area contributed by atoms with Gasteiger partial charge in [0.25, 0.3) is 0 Å². The molecular weight excluding hydrogens is 508 g/mol. The van der Waals surface area contributed by atoms with Crippen molar-refractivity contribution in [2.75, 3.05) is 31.1 Å². The van der Waals surface area contributed by atoms with Crippen LogP contribution in [-0.4, -0.2) is 46.8 Å². The number of hydrogen-bond donors (Lipinski definition) is 1. The second kappa shape index (κ2) is 9.21. The monoisotopic (exact) mass is 528 g/mol. The smallest absolute Gasteiger partial charge is 0.370 e. The Morgan fingerprint density at radius 1 is 1.18 bits per heavy atom. The molecule has 1 fully saturated rings. The zero-order valence-corrected chi connectivity index (χ0v) is 18.2. The fourth-order valence-electron chi connectivity index (χ4n) is 3.00. The van der Waals surface area contributed by atoms with Gasteiger partial charge >= 0.3 is 6.18 Å². The number of alkyl halides is 3. The molecule has 11 heteroatoms. The second-order valence-electron chi connectivity index (χ2n) is 6.30. The van der Waals surface area contributed by atoms with Crippen LogP contribution in [0.5, 0.6) is 0 Å². The van der Waals surface area contributed by atoms with Crippen molar-refractivity contribution in [3.63, 3.8) is 0 Å². The summed E-state index contributed by atoms with van der Waals surface area (Å²) in [4.78, 5) is 8.21. The second-order valence-corrected chi connectivity index (χ2v) is 6.74. The molecule has 1 aromatic carbocycles. The van der Waals surface area contributed by atoms with E-state index in [4.69, 9.17) is 17.3 Å². The fraction of sp³-hybridized carbons (Fsp3) is 0.412. The van der Waals surface area contributed by atoms with Crippen LogP contribution in [0.3, 0.4) is 0 Å². The molecule has 28 heavy (non-hydrogen) atoms. The van der Waals surface area contributed by atoms with Gasteiger partial charge in [-0.05, 0) is 24.3 Å². The molecule has 0 amide bonds. The minimum absolute atomic E-state index is 0. The van der Waals surface area contributed by atoms with Crippen LogP contribution in [-0.2, 0) is 19.8 Å². The predicted octanol–water partition coefficient (Wildman–Crippen LogP) is 3.35. The van der Waals surface area contributed by atoms with Gasteiger partial charge < -0.3 is 15.5 Å². The third-order valence-electron chi connectivity index (χ3n) is 4.38. The quantitative estimate of drug-likeness (QED) is 0.377. The standard InChI is InChI=1S/C17H20ClF3N6.HI/c1-25-11-12(15(24-25)17(19,20)21)10-23-16(22)27-8-6-26(7-9-27)14-4-2-13(18)3-5-14;/h2-5,11H,6-10H2,1H3,(H2,22,23);1H. The molecule has 0 radical (unpaired) electrons. The largest absolute Gasteiger partial charge is 0.435 e. The van der Waals surface area contributed by atoms with Gasteiger partial charge in [-0.2, -0.15) is 18.3 Å². The Balaban J connectivity index is 0.00000280. The molecule has 0 bridgehead atoms. The van der Waals surface area contributed by atoms with Crippen LogP contribution in [0.25, 0.3) is 0 Å². The van der Waals surface area contributed by atoms with E-state index in [0.717, 1.165) is 23.5 Å². The summed E-state index contributed by atoms with van der Waals surface area (Å²) < 4.78 is 40.1. The number of halogens is 5. The van der Waals surface area contributed by atoms with Crippen LogP contribution in [0, 0.1) is 0 Å². The van der Waals surface area contributed by atoms with Gasteiger partial charge in [-0.1, -0.05) is 11.6 Å². The van der Waals surface area contributed by atoms with Crippen molar-refractivity contribution >= 4 is 47.2 Å². The lowest BCUT2D eigenvalue weighted by Gasteiger charge is -2.36. The van der Waals surface area contributed by atoms with Crippen molar-refractivity contribution in [2.24, 2.45) is 17.8 Å². The predicted molar refractivity (Wildman–Crippen MR) is 114 cm³/mol. The Labute approximate surface area is 183 Å². The number of aryl methyl sites for hydroxylation is 1. The van der Waals surface area contributed by atoms with Gasteiger partial charge in [0.05, 0.1) is 6.54 Å². The van der Waals surface area contributed by atoms with E-state index in [9.17, 15) is 13.2 Å². The molecule has 0 atom stereocenters. The Hall–Kier alpha value is -1.69. The van der Waals surface area contributed by atoms with Crippen LogP contribution in [0.4, 0.5) is 18.9 Å².